The molecule has 110 valence electrons. The number of hydrogen-bond acceptors (Lipinski definition) is 4. The molecule has 7 heteroatoms. The van der Waals surface area contributed by atoms with Gasteiger partial charge in [-0.3, -0.25) is 19.3 Å². The molecule has 5 nitrogen and oxygen atoms in total. The van der Waals surface area contributed by atoms with Crippen molar-refractivity contribution in [3.05, 3.63) is 63.2 Å². The molecule has 21 heavy (non-hydrogen) atoms. The third-order valence-corrected chi connectivity index (χ3v) is 4.40. The summed E-state index contributed by atoms with van der Waals surface area (Å²) in [4.78, 5) is 15.0. The summed E-state index contributed by atoms with van der Waals surface area (Å²) >= 11 is 0. The lowest BCUT2D eigenvalue weighted by Gasteiger charge is -2.07. The van der Waals surface area contributed by atoms with Crippen LogP contribution in [0, 0.1) is 29.8 Å². The van der Waals surface area contributed by atoms with Crippen LogP contribution in [0.25, 0.3) is 0 Å². The molecule has 0 bridgehead atoms. The molecule has 1 aromatic carbocycles. The van der Waals surface area contributed by atoms with E-state index in [1.165, 1.54) is 24.4 Å². The van der Waals surface area contributed by atoms with Crippen molar-refractivity contribution in [2.24, 2.45) is 0 Å². The minimum absolute atomic E-state index is 0.0103. The van der Waals surface area contributed by atoms with Crippen molar-refractivity contribution in [2.45, 2.75) is 24.5 Å². The zero-order valence-electron chi connectivity index (χ0n) is 11.5. The Bertz CT molecular complexity index is 734. The first-order valence-corrected chi connectivity index (χ1v) is 7.45. The van der Waals surface area contributed by atoms with Crippen molar-refractivity contribution in [1.29, 1.82) is 0 Å². The number of aryl methyl sites for hydroxylation is 1. The molecule has 0 saturated carbocycles. The molecular formula is C14H13FN2O3S. The van der Waals surface area contributed by atoms with Crippen molar-refractivity contribution < 1.29 is 13.5 Å². The van der Waals surface area contributed by atoms with Crippen molar-refractivity contribution in [3.8, 4) is 0 Å². The van der Waals surface area contributed by atoms with Crippen LogP contribution in [-0.4, -0.2) is 14.1 Å². The summed E-state index contributed by atoms with van der Waals surface area (Å²) in [5.74, 6) is -0.462. The molecule has 0 N–H and O–H groups in total. The number of nitro groups is 1. The first kappa shape index (κ1) is 15.2. The number of pyridine rings is 1. The van der Waals surface area contributed by atoms with Crippen LogP contribution < -0.4 is 0 Å². The zero-order valence-corrected chi connectivity index (χ0v) is 12.3. The highest BCUT2D eigenvalue weighted by molar-refractivity contribution is 7.84. The topological polar surface area (TPSA) is 73.1 Å². The number of benzene rings is 1. The maximum Gasteiger partial charge on any atom is 0.278 e. The predicted molar refractivity (Wildman–Crippen MR) is 76.9 cm³/mol. The fourth-order valence-corrected chi connectivity index (χ4v) is 3.19. The van der Waals surface area contributed by atoms with Crippen LogP contribution in [0.4, 0.5) is 10.1 Å². The molecule has 0 amide bonds. The van der Waals surface area contributed by atoms with Gasteiger partial charge in [0.15, 0.2) is 0 Å². The molecule has 0 aliphatic heterocycles. The molecular weight excluding hydrogens is 295 g/mol. The van der Waals surface area contributed by atoms with Gasteiger partial charge in [0.2, 0.25) is 0 Å². The highest BCUT2D eigenvalue weighted by Crippen LogP contribution is 2.25. The third-order valence-electron chi connectivity index (χ3n) is 3.08. The minimum atomic E-state index is -1.51. The van der Waals surface area contributed by atoms with Gasteiger partial charge in [0, 0.05) is 22.2 Å². The Morgan fingerprint density at radius 1 is 1.38 bits per heavy atom. The summed E-state index contributed by atoms with van der Waals surface area (Å²) in [6, 6.07) is 5.48. The van der Waals surface area contributed by atoms with Gasteiger partial charge in [0.1, 0.15) is 5.82 Å². The van der Waals surface area contributed by atoms with Crippen molar-refractivity contribution in [2.75, 3.05) is 0 Å². The first-order valence-electron chi connectivity index (χ1n) is 6.13. The van der Waals surface area contributed by atoms with Gasteiger partial charge in [0.25, 0.3) is 5.69 Å². The van der Waals surface area contributed by atoms with Crippen LogP contribution >= 0.6 is 0 Å². The van der Waals surface area contributed by atoms with Crippen LogP contribution in [0.1, 0.15) is 16.8 Å². The van der Waals surface area contributed by atoms with E-state index in [0.29, 0.717) is 21.7 Å². The Labute approximate surface area is 123 Å². The molecule has 1 unspecified atom stereocenters. The van der Waals surface area contributed by atoms with Gasteiger partial charge in [-0.2, -0.15) is 0 Å². The Kier molecular flexibility index (Phi) is 4.42. The Morgan fingerprint density at radius 2 is 2.10 bits per heavy atom. The second kappa shape index (κ2) is 6.09. The Morgan fingerprint density at radius 3 is 2.71 bits per heavy atom. The van der Waals surface area contributed by atoms with E-state index in [0.717, 1.165) is 0 Å². The molecule has 2 aromatic rings. The predicted octanol–water partition coefficient (Wildman–Crippen LogP) is 3.05. The van der Waals surface area contributed by atoms with Crippen molar-refractivity contribution in [3.63, 3.8) is 0 Å². The van der Waals surface area contributed by atoms with Crippen LogP contribution in [-0.2, 0) is 16.6 Å². The fraction of sp³-hybridized carbons (Fsp3) is 0.214. The van der Waals surface area contributed by atoms with E-state index in [1.54, 1.807) is 19.9 Å². The summed E-state index contributed by atoms with van der Waals surface area (Å²) in [5.41, 5.74) is 1.22. The van der Waals surface area contributed by atoms with E-state index >= 15 is 0 Å². The highest BCUT2D eigenvalue weighted by Gasteiger charge is 2.20. The van der Waals surface area contributed by atoms with Crippen LogP contribution in [0.2, 0.25) is 0 Å². The number of hydrogen-bond donors (Lipinski definition) is 0. The first-order chi connectivity index (χ1) is 9.90. The van der Waals surface area contributed by atoms with Crippen LogP contribution in [0.15, 0.2) is 35.4 Å². The van der Waals surface area contributed by atoms with E-state index in [2.05, 4.69) is 4.98 Å². The summed E-state index contributed by atoms with van der Waals surface area (Å²) in [7, 11) is -1.51. The van der Waals surface area contributed by atoms with Crippen LogP contribution in [0.5, 0.6) is 0 Å². The summed E-state index contributed by atoms with van der Waals surface area (Å²) < 4.78 is 25.3. The average molecular weight is 308 g/mol. The normalized spacial score (nSPS) is 12.1. The van der Waals surface area contributed by atoms with Gasteiger partial charge in [0.05, 0.1) is 27.2 Å². The van der Waals surface area contributed by atoms with E-state index in [4.69, 9.17) is 0 Å². The zero-order chi connectivity index (χ0) is 15.6. The maximum absolute atomic E-state index is 13.1. The number of aromatic nitrogens is 1. The van der Waals surface area contributed by atoms with E-state index in [1.807, 2.05) is 0 Å². The SMILES string of the molecule is Cc1cnc(CS(=O)c2cccc(F)c2)c(C)c1[N+](=O)[O-]. The van der Waals surface area contributed by atoms with Gasteiger partial charge >= 0.3 is 0 Å². The molecule has 0 radical (unpaired) electrons. The molecule has 0 saturated heterocycles. The molecule has 1 aromatic heterocycles. The Hall–Kier alpha value is -2.15. The lowest BCUT2D eigenvalue weighted by molar-refractivity contribution is -0.386. The molecule has 2 rings (SSSR count). The molecule has 1 atom stereocenters. The summed E-state index contributed by atoms with van der Waals surface area (Å²) in [6.45, 7) is 3.18. The molecule has 0 spiro atoms. The second-order valence-corrected chi connectivity index (χ2v) is 6.02. The molecule has 0 aliphatic rings. The van der Waals surface area contributed by atoms with Gasteiger partial charge in [-0.15, -0.1) is 0 Å². The van der Waals surface area contributed by atoms with Crippen LogP contribution in [0.3, 0.4) is 0 Å². The lowest BCUT2D eigenvalue weighted by atomic mass is 10.1. The molecule has 1 heterocycles. The van der Waals surface area contributed by atoms with Gasteiger partial charge in [-0.25, -0.2) is 4.39 Å². The van der Waals surface area contributed by atoms with Gasteiger partial charge < -0.3 is 0 Å². The third kappa shape index (κ3) is 3.30. The monoisotopic (exact) mass is 308 g/mol. The molecule has 0 fully saturated rings. The van der Waals surface area contributed by atoms with E-state index in [-0.39, 0.29) is 11.4 Å². The minimum Gasteiger partial charge on any atom is -0.259 e. The number of nitrogens with zero attached hydrogens (tertiary/aromatic N) is 2. The second-order valence-electron chi connectivity index (χ2n) is 4.57. The van der Waals surface area contributed by atoms with Gasteiger partial charge in [-0.1, -0.05) is 6.07 Å². The quantitative estimate of drug-likeness (QED) is 0.643. The average Bonchev–Trinajstić information content (AvgIpc) is 2.41. The highest BCUT2D eigenvalue weighted by atomic mass is 32.2. The van der Waals surface area contributed by atoms with Gasteiger partial charge in [-0.05, 0) is 32.0 Å². The number of halogens is 1. The summed E-state index contributed by atoms with van der Waals surface area (Å²) in [6.07, 6.45) is 1.39. The number of rotatable bonds is 4. The largest absolute Gasteiger partial charge is 0.278 e. The van der Waals surface area contributed by atoms with Crippen molar-refractivity contribution in [1.82, 2.24) is 4.98 Å². The van der Waals surface area contributed by atoms with E-state index in [9.17, 15) is 18.7 Å². The smallest absolute Gasteiger partial charge is 0.259 e. The maximum atomic E-state index is 13.1. The lowest BCUT2D eigenvalue weighted by Crippen LogP contribution is -2.05. The Balaban J connectivity index is 2.34. The summed E-state index contributed by atoms with van der Waals surface area (Å²) in [5, 5.41) is 11.0. The van der Waals surface area contributed by atoms with E-state index < -0.39 is 21.5 Å². The fourth-order valence-electron chi connectivity index (χ4n) is 2.01. The molecule has 0 aliphatic carbocycles. The van der Waals surface area contributed by atoms with Crippen molar-refractivity contribution >= 4 is 16.5 Å². The standard InChI is InChI=1S/C14H13FN2O3S/c1-9-7-16-13(10(2)14(9)17(18)19)8-21(20)12-5-3-4-11(15)6-12/h3-7H,8H2,1-2H3.